The van der Waals surface area contributed by atoms with Gasteiger partial charge in [0.2, 0.25) is 10.0 Å². The normalized spacial score (nSPS) is 11.5. The van der Waals surface area contributed by atoms with Crippen LogP contribution in [0.5, 0.6) is 0 Å². The molecular formula is C8H12N2O2S. The lowest BCUT2D eigenvalue weighted by atomic mass is 10.1. The number of nitrogens with two attached hydrogens (primary N) is 2. The van der Waals surface area contributed by atoms with Gasteiger partial charge in [-0.25, -0.2) is 13.6 Å². The molecule has 0 atom stereocenters. The van der Waals surface area contributed by atoms with Crippen LogP contribution in [0.3, 0.4) is 0 Å². The summed E-state index contributed by atoms with van der Waals surface area (Å²) in [6.07, 6.45) is 0.594. The zero-order valence-corrected chi connectivity index (χ0v) is 8.14. The smallest absolute Gasteiger partial charge is 0.240 e. The molecule has 1 aromatic carbocycles. The number of hydrogen-bond donors (Lipinski definition) is 2. The van der Waals surface area contributed by atoms with Gasteiger partial charge in [0.15, 0.2) is 0 Å². The van der Waals surface area contributed by atoms with Gasteiger partial charge in [0.05, 0.1) is 5.69 Å². The van der Waals surface area contributed by atoms with Crippen LogP contribution in [-0.2, 0) is 16.4 Å². The maximum Gasteiger partial charge on any atom is 0.240 e. The first-order valence-corrected chi connectivity index (χ1v) is 5.41. The summed E-state index contributed by atoms with van der Waals surface area (Å²) in [4.78, 5) is 0.0532. The third-order valence-corrected chi connectivity index (χ3v) is 2.86. The summed E-state index contributed by atoms with van der Waals surface area (Å²) in [5.41, 5.74) is 6.39. The first-order valence-electron chi connectivity index (χ1n) is 3.87. The lowest BCUT2D eigenvalue weighted by Gasteiger charge is -2.07. The summed E-state index contributed by atoms with van der Waals surface area (Å²) >= 11 is 0. The van der Waals surface area contributed by atoms with Gasteiger partial charge in [-0.2, -0.15) is 0 Å². The second-order valence-electron chi connectivity index (χ2n) is 2.73. The highest BCUT2D eigenvalue weighted by atomic mass is 32.2. The van der Waals surface area contributed by atoms with Gasteiger partial charge < -0.3 is 5.73 Å². The van der Waals surface area contributed by atoms with E-state index < -0.39 is 10.0 Å². The summed E-state index contributed by atoms with van der Waals surface area (Å²) in [7, 11) is -3.70. The number of sulfonamides is 1. The number of hydrogen-bond acceptors (Lipinski definition) is 3. The second kappa shape index (κ2) is 3.35. The Morgan fingerprint density at radius 2 is 2.00 bits per heavy atom. The summed E-state index contributed by atoms with van der Waals surface area (Å²) in [6.45, 7) is 1.85. The molecule has 0 aromatic heterocycles. The summed E-state index contributed by atoms with van der Waals surface area (Å²) in [5.74, 6) is 0. The topological polar surface area (TPSA) is 86.2 Å². The van der Waals surface area contributed by atoms with Gasteiger partial charge in [-0.1, -0.05) is 19.1 Å². The Kier molecular flexibility index (Phi) is 2.58. The zero-order chi connectivity index (χ0) is 10.1. The van der Waals surface area contributed by atoms with Crippen molar-refractivity contribution in [3.63, 3.8) is 0 Å². The van der Waals surface area contributed by atoms with Crippen LogP contribution in [0.2, 0.25) is 0 Å². The average Bonchev–Trinajstić information content (AvgIpc) is 2.01. The molecule has 0 unspecified atom stereocenters. The Bertz CT molecular complexity index is 412. The van der Waals surface area contributed by atoms with Crippen molar-refractivity contribution < 1.29 is 8.42 Å². The number of nitrogen functional groups attached to an aromatic ring is 1. The van der Waals surface area contributed by atoms with E-state index in [1.165, 1.54) is 6.07 Å². The van der Waals surface area contributed by atoms with Crippen LogP contribution in [0.4, 0.5) is 5.69 Å². The van der Waals surface area contributed by atoms with Crippen molar-refractivity contribution in [1.82, 2.24) is 0 Å². The van der Waals surface area contributed by atoms with Crippen LogP contribution >= 0.6 is 0 Å². The van der Waals surface area contributed by atoms with Gasteiger partial charge in [0, 0.05) is 0 Å². The van der Waals surface area contributed by atoms with Gasteiger partial charge in [-0.15, -0.1) is 0 Å². The highest BCUT2D eigenvalue weighted by Crippen LogP contribution is 2.21. The van der Waals surface area contributed by atoms with E-state index >= 15 is 0 Å². The Hall–Kier alpha value is -1.07. The lowest BCUT2D eigenvalue weighted by Crippen LogP contribution is -2.16. The molecule has 0 aliphatic carbocycles. The molecule has 0 bridgehead atoms. The van der Waals surface area contributed by atoms with Gasteiger partial charge in [0.25, 0.3) is 0 Å². The standard InChI is InChI=1S/C8H12N2O2S/c1-2-6-4-3-5-7(9)8(6)13(10,11)12/h3-5H,2,9H2,1H3,(H2,10,11,12). The van der Waals surface area contributed by atoms with E-state index in [4.69, 9.17) is 10.9 Å². The molecule has 0 amide bonds. The quantitative estimate of drug-likeness (QED) is 0.681. The van der Waals surface area contributed by atoms with E-state index in [0.29, 0.717) is 12.0 Å². The molecular weight excluding hydrogens is 188 g/mol. The maximum atomic E-state index is 11.1. The van der Waals surface area contributed by atoms with Crippen molar-refractivity contribution >= 4 is 15.7 Å². The number of benzene rings is 1. The van der Waals surface area contributed by atoms with E-state index in [9.17, 15) is 8.42 Å². The molecule has 1 aromatic rings. The highest BCUT2D eigenvalue weighted by Gasteiger charge is 2.15. The lowest BCUT2D eigenvalue weighted by molar-refractivity contribution is 0.597. The van der Waals surface area contributed by atoms with E-state index in [-0.39, 0.29) is 10.6 Å². The van der Waals surface area contributed by atoms with Gasteiger partial charge >= 0.3 is 0 Å². The van der Waals surface area contributed by atoms with E-state index in [1.54, 1.807) is 12.1 Å². The molecule has 0 fully saturated rings. The molecule has 5 heteroatoms. The SMILES string of the molecule is CCc1cccc(N)c1S(N)(=O)=O. The molecule has 0 spiro atoms. The Labute approximate surface area is 77.6 Å². The third kappa shape index (κ3) is 1.99. The predicted molar refractivity (Wildman–Crippen MR) is 51.6 cm³/mol. The minimum absolute atomic E-state index is 0.0532. The van der Waals surface area contributed by atoms with E-state index in [0.717, 1.165) is 0 Å². The third-order valence-electron chi connectivity index (χ3n) is 1.79. The summed E-state index contributed by atoms with van der Waals surface area (Å²) in [6, 6.07) is 4.94. The molecule has 0 radical (unpaired) electrons. The van der Waals surface area contributed by atoms with Crippen molar-refractivity contribution in [1.29, 1.82) is 0 Å². The fourth-order valence-electron chi connectivity index (χ4n) is 1.23. The maximum absolute atomic E-state index is 11.1. The molecule has 13 heavy (non-hydrogen) atoms. The number of rotatable bonds is 2. The van der Waals surface area contributed by atoms with Crippen LogP contribution in [-0.4, -0.2) is 8.42 Å². The first kappa shape index (κ1) is 10.0. The highest BCUT2D eigenvalue weighted by molar-refractivity contribution is 7.89. The molecule has 0 aliphatic heterocycles. The Morgan fingerprint density at radius 3 is 2.38 bits per heavy atom. The van der Waals surface area contributed by atoms with Crippen molar-refractivity contribution in [2.75, 3.05) is 5.73 Å². The zero-order valence-electron chi connectivity index (χ0n) is 7.32. The van der Waals surface area contributed by atoms with Gasteiger partial charge in [-0.3, -0.25) is 0 Å². The average molecular weight is 200 g/mol. The number of anilines is 1. The first-order chi connectivity index (χ1) is 5.96. The molecule has 0 heterocycles. The molecule has 1 rings (SSSR count). The molecule has 4 N–H and O–H groups in total. The monoisotopic (exact) mass is 200 g/mol. The van der Waals surface area contributed by atoms with Gasteiger partial charge in [-0.05, 0) is 18.1 Å². The second-order valence-corrected chi connectivity index (χ2v) is 4.23. The van der Waals surface area contributed by atoms with Crippen LogP contribution in [0.25, 0.3) is 0 Å². The largest absolute Gasteiger partial charge is 0.398 e. The van der Waals surface area contributed by atoms with E-state index in [2.05, 4.69) is 0 Å². The minimum atomic E-state index is -3.70. The van der Waals surface area contributed by atoms with Crippen molar-refractivity contribution in [3.8, 4) is 0 Å². The molecule has 0 aliphatic rings. The van der Waals surface area contributed by atoms with E-state index in [1.807, 2.05) is 6.92 Å². The van der Waals surface area contributed by atoms with Crippen molar-refractivity contribution in [3.05, 3.63) is 23.8 Å². The number of primary sulfonamides is 1. The minimum Gasteiger partial charge on any atom is -0.398 e. The Morgan fingerprint density at radius 1 is 1.38 bits per heavy atom. The van der Waals surface area contributed by atoms with Crippen molar-refractivity contribution in [2.24, 2.45) is 5.14 Å². The fraction of sp³-hybridized carbons (Fsp3) is 0.250. The van der Waals surface area contributed by atoms with Crippen LogP contribution in [0.1, 0.15) is 12.5 Å². The summed E-state index contributed by atoms with van der Waals surface area (Å²) < 4.78 is 22.3. The van der Waals surface area contributed by atoms with Crippen LogP contribution in [0, 0.1) is 0 Å². The molecule has 0 saturated carbocycles. The molecule has 0 saturated heterocycles. The molecule has 4 nitrogen and oxygen atoms in total. The number of aryl methyl sites for hydroxylation is 1. The fourth-order valence-corrected chi connectivity index (χ4v) is 2.20. The van der Waals surface area contributed by atoms with Gasteiger partial charge in [0.1, 0.15) is 4.90 Å². The Balaban J connectivity index is 3.50. The molecule has 72 valence electrons. The summed E-state index contributed by atoms with van der Waals surface area (Å²) in [5, 5.41) is 5.03. The van der Waals surface area contributed by atoms with Crippen molar-refractivity contribution in [2.45, 2.75) is 18.2 Å². The van der Waals surface area contributed by atoms with Crippen LogP contribution < -0.4 is 10.9 Å². The van der Waals surface area contributed by atoms with Crippen LogP contribution in [0.15, 0.2) is 23.1 Å². The predicted octanol–water partition coefficient (Wildman–Crippen LogP) is 0.479.